The van der Waals surface area contributed by atoms with Crippen LogP contribution in [0, 0.1) is 17.2 Å². The fraction of sp³-hybridized carbons (Fsp3) is 0.500. The summed E-state index contributed by atoms with van der Waals surface area (Å²) in [5.74, 6) is -2.51. The van der Waals surface area contributed by atoms with Crippen LogP contribution in [0.3, 0.4) is 0 Å². The molecule has 11 heteroatoms. The van der Waals surface area contributed by atoms with Gasteiger partial charge in [0.15, 0.2) is 5.96 Å². The fourth-order valence-electron chi connectivity index (χ4n) is 6.85. The van der Waals surface area contributed by atoms with Crippen LogP contribution in [0.4, 0.5) is 0 Å². The number of nitrogens with one attached hydrogen (secondary N) is 3. The lowest BCUT2D eigenvalue weighted by Crippen LogP contribution is -2.56. The highest BCUT2D eigenvalue weighted by Gasteiger charge is 2.38. The number of nitrogens with two attached hydrogens (primary N) is 3. The molecule has 2 aliphatic carbocycles. The molecule has 2 aromatic carbocycles. The van der Waals surface area contributed by atoms with Crippen molar-refractivity contribution in [3.8, 4) is 0 Å². The Balaban J connectivity index is 1.59. The van der Waals surface area contributed by atoms with Gasteiger partial charge in [-0.2, -0.15) is 0 Å². The molecule has 2 amide bonds. The molecule has 1 saturated carbocycles. The van der Waals surface area contributed by atoms with Crippen LogP contribution in [-0.4, -0.2) is 53.3 Å². The summed E-state index contributed by atoms with van der Waals surface area (Å²) in [6.45, 7) is 0.253. The Bertz CT molecular complexity index is 1370. The maximum atomic E-state index is 14.4. The number of fused-ring (bicyclic) bond motifs is 1. The molecule has 0 aromatic heterocycles. The number of aliphatic imine (C=N–C) groups is 1. The van der Waals surface area contributed by atoms with Crippen molar-refractivity contribution in [3.05, 3.63) is 70.8 Å². The van der Waals surface area contributed by atoms with Crippen LogP contribution in [-0.2, 0) is 27.2 Å². The van der Waals surface area contributed by atoms with E-state index in [1.807, 2.05) is 24.3 Å². The predicted molar refractivity (Wildman–Crippen MR) is 175 cm³/mol. The van der Waals surface area contributed by atoms with E-state index < -0.39 is 29.9 Å². The van der Waals surface area contributed by atoms with Gasteiger partial charge >= 0.3 is 5.97 Å². The second-order valence-electron chi connectivity index (χ2n) is 12.4. The molecule has 4 rings (SSSR count). The van der Waals surface area contributed by atoms with Gasteiger partial charge in [0.05, 0.1) is 0 Å². The predicted octanol–water partition coefficient (Wildman–Crippen LogP) is 2.94. The number of carboxylic acids is 1. The molecular formula is C34H47N7O4. The number of amides is 2. The molecule has 2 aliphatic rings. The molecule has 2 aromatic rings. The van der Waals surface area contributed by atoms with E-state index in [1.165, 1.54) is 5.56 Å². The molecule has 0 radical (unpaired) electrons. The summed E-state index contributed by atoms with van der Waals surface area (Å²) in [4.78, 5) is 44.2. The van der Waals surface area contributed by atoms with Gasteiger partial charge in [-0.05, 0) is 79.9 Å². The van der Waals surface area contributed by atoms with Crippen molar-refractivity contribution in [1.82, 2.24) is 10.6 Å². The van der Waals surface area contributed by atoms with Gasteiger partial charge in [0, 0.05) is 18.0 Å². The summed E-state index contributed by atoms with van der Waals surface area (Å²) >= 11 is 0. The minimum Gasteiger partial charge on any atom is -0.480 e. The van der Waals surface area contributed by atoms with Crippen LogP contribution in [0.15, 0.2) is 53.5 Å². The molecule has 4 atom stereocenters. The number of rotatable bonds is 14. The van der Waals surface area contributed by atoms with E-state index in [4.69, 9.17) is 22.6 Å². The standard InChI is InChI=1S/C34H47N7O4/c35-30(36)24-17-15-21(16-18-24)20-27(26-13-6-11-22-8-4-5-12-25(22)26)31(42)41-29(23-9-2-1-3-10-23)32(43)40-28(33(44)45)14-7-19-39-34(37)38/h4-5,8,12,15-18,23,26-29H,1-3,6-7,9-11,13-14,19-20H2,(H3,35,36)(H,40,43)(H,41,42)(H,44,45)(H4,37,38,39)/t26?,27?,28-,29-/m0/s1. The normalized spacial score (nSPS) is 18.4. The van der Waals surface area contributed by atoms with Crippen LogP contribution < -0.4 is 27.8 Å². The number of aryl methyl sites for hydroxylation is 1. The van der Waals surface area contributed by atoms with Gasteiger partial charge in [0.2, 0.25) is 11.8 Å². The molecule has 2 unspecified atom stereocenters. The third-order valence-corrected chi connectivity index (χ3v) is 9.22. The van der Waals surface area contributed by atoms with Gasteiger partial charge < -0.3 is 32.9 Å². The van der Waals surface area contributed by atoms with E-state index >= 15 is 0 Å². The number of benzene rings is 2. The highest BCUT2D eigenvalue weighted by Crippen LogP contribution is 2.39. The zero-order valence-corrected chi connectivity index (χ0v) is 25.8. The second kappa shape index (κ2) is 16.1. The molecule has 1 fully saturated rings. The van der Waals surface area contributed by atoms with Crippen LogP contribution in [0.1, 0.15) is 86.0 Å². The van der Waals surface area contributed by atoms with Gasteiger partial charge in [-0.1, -0.05) is 67.8 Å². The van der Waals surface area contributed by atoms with Crippen molar-refractivity contribution in [2.75, 3.05) is 6.54 Å². The van der Waals surface area contributed by atoms with Gasteiger partial charge in [0.25, 0.3) is 0 Å². The zero-order valence-electron chi connectivity index (χ0n) is 25.8. The third kappa shape index (κ3) is 9.29. The number of nitrogens with zero attached hydrogens (tertiary/aromatic N) is 1. The lowest BCUT2D eigenvalue weighted by Gasteiger charge is -2.35. The molecule has 11 nitrogen and oxygen atoms in total. The Morgan fingerprint density at radius 2 is 1.62 bits per heavy atom. The van der Waals surface area contributed by atoms with Crippen molar-refractivity contribution in [2.45, 2.75) is 88.6 Å². The summed E-state index contributed by atoms with van der Waals surface area (Å²) in [6, 6.07) is 13.7. The van der Waals surface area contributed by atoms with Crippen LogP contribution in [0.25, 0.3) is 0 Å². The molecule has 0 spiro atoms. The summed E-state index contributed by atoms with van der Waals surface area (Å²) in [7, 11) is 0. The first-order chi connectivity index (χ1) is 21.6. The Kier molecular flexibility index (Phi) is 11.9. The molecule has 0 heterocycles. The first-order valence-electron chi connectivity index (χ1n) is 16.0. The smallest absolute Gasteiger partial charge is 0.326 e. The van der Waals surface area contributed by atoms with E-state index in [0.717, 1.165) is 62.5 Å². The number of carbonyl (C=O) groups is 3. The van der Waals surface area contributed by atoms with E-state index in [1.54, 1.807) is 12.1 Å². The number of hydrogen-bond donors (Lipinski definition) is 7. The van der Waals surface area contributed by atoms with Crippen LogP contribution in [0.5, 0.6) is 0 Å². The summed E-state index contributed by atoms with van der Waals surface area (Å²) in [5, 5.41) is 23.4. The molecule has 10 N–H and O–H groups in total. The number of carbonyl (C=O) groups excluding carboxylic acids is 2. The highest BCUT2D eigenvalue weighted by atomic mass is 16.4. The largest absolute Gasteiger partial charge is 0.480 e. The molecule has 0 bridgehead atoms. The number of amidine groups is 1. The van der Waals surface area contributed by atoms with Crippen molar-refractivity contribution in [3.63, 3.8) is 0 Å². The summed E-state index contributed by atoms with van der Waals surface area (Å²) < 4.78 is 0. The van der Waals surface area contributed by atoms with Crippen LogP contribution in [0.2, 0.25) is 0 Å². The molecule has 45 heavy (non-hydrogen) atoms. The Morgan fingerprint density at radius 3 is 2.29 bits per heavy atom. The van der Waals surface area contributed by atoms with Gasteiger partial charge in [0.1, 0.15) is 17.9 Å². The van der Waals surface area contributed by atoms with Crippen molar-refractivity contribution in [2.24, 2.45) is 34.0 Å². The summed E-state index contributed by atoms with van der Waals surface area (Å²) in [6.07, 6.45) is 8.28. The van der Waals surface area contributed by atoms with E-state index in [-0.39, 0.29) is 42.5 Å². The molecule has 242 valence electrons. The van der Waals surface area contributed by atoms with E-state index in [2.05, 4.69) is 27.8 Å². The van der Waals surface area contributed by atoms with Crippen molar-refractivity contribution < 1.29 is 19.5 Å². The average Bonchev–Trinajstić information content (AvgIpc) is 3.03. The Hall–Kier alpha value is -4.41. The maximum absolute atomic E-state index is 14.4. The minimum atomic E-state index is -1.15. The van der Waals surface area contributed by atoms with E-state index in [9.17, 15) is 19.5 Å². The van der Waals surface area contributed by atoms with Gasteiger partial charge in [-0.3, -0.25) is 20.0 Å². The average molecular weight is 618 g/mol. The van der Waals surface area contributed by atoms with Crippen molar-refractivity contribution >= 4 is 29.6 Å². The Morgan fingerprint density at radius 1 is 0.911 bits per heavy atom. The first kappa shape index (κ1) is 33.5. The third-order valence-electron chi connectivity index (χ3n) is 9.22. The number of nitrogen functional groups attached to an aromatic ring is 1. The lowest BCUT2D eigenvalue weighted by atomic mass is 9.73. The number of aliphatic carboxylic acids is 1. The zero-order chi connectivity index (χ0) is 32.3. The number of guanidine groups is 1. The monoisotopic (exact) mass is 617 g/mol. The highest BCUT2D eigenvalue weighted by molar-refractivity contribution is 5.95. The van der Waals surface area contributed by atoms with Crippen LogP contribution >= 0.6 is 0 Å². The first-order valence-corrected chi connectivity index (χ1v) is 16.0. The molecule has 0 saturated heterocycles. The van der Waals surface area contributed by atoms with E-state index in [0.29, 0.717) is 18.4 Å². The fourth-order valence-corrected chi connectivity index (χ4v) is 6.85. The second-order valence-corrected chi connectivity index (χ2v) is 12.4. The maximum Gasteiger partial charge on any atom is 0.326 e. The molecule has 0 aliphatic heterocycles. The summed E-state index contributed by atoms with van der Waals surface area (Å²) in [5.41, 5.74) is 20.4. The quantitative estimate of drug-likeness (QED) is 0.0956. The number of hydrogen-bond acceptors (Lipinski definition) is 5. The van der Waals surface area contributed by atoms with Crippen molar-refractivity contribution in [1.29, 1.82) is 5.41 Å². The SMILES string of the molecule is N=C(N)c1ccc(CC(C(=O)N[C@H](C(=O)N[C@@H](CCCN=C(N)N)C(=O)O)C2CCCCC2)C2CCCc3ccccc32)cc1. The van der Waals surface area contributed by atoms with Gasteiger partial charge in [-0.15, -0.1) is 0 Å². The number of carboxylic acid groups (broad SMARTS) is 1. The topological polar surface area (TPSA) is 210 Å². The van der Waals surface area contributed by atoms with Gasteiger partial charge in [-0.25, -0.2) is 4.79 Å². The minimum absolute atomic E-state index is 0.0192. The lowest BCUT2D eigenvalue weighted by molar-refractivity contribution is -0.143. The molecular weight excluding hydrogens is 570 g/mol. The Labute approximate surface area is 264 Å².